The number of para-hydroxylation sites is 1. The van der Waals surface area contributed by atoms with Crippen LogP contribution in [-0.2, 0) is 11.2 Å². The van der Waals surface area contributed by atoms with Crippen LogP contribution in [0.3, 0.4) is 0 Å². The summed E-state index contributed by atoms with van der Waals surface area (Å²) in [5.41, 5.74) is 2.23. The van der Waals surface area contributed by atoms with E-state index < -0.39 is 0 Å². The van der Waals surface area contributed by atoms with Gasteiger partial charge in [-0.05, 0) is 25.0 Å². The molecule has 2 heteroatoms. The van der Waals surface area contributed by atoms with E-state index in [1.807, 2.05) is 12.1 Å². The molecule has 1 atom stereocenters. The molecule has 1 saturated heterocycles. The van der Waals surface area contributed by atoms with Gasteiger partial charge < -0.3 is 4.74 Å². The third-order valence-electron chi connectivity index (χ3n) is 3.12. The summed E-state index contributed by atoms with van der Waals surface area (Å²) in [7, 11) is 0. The molecule has 0 N–H and O–H groups in total. The molecular formula is C14H15NO. The molecule has 1 fully saturated rings. The zero-order chi connectivity index (χ0) is 10.8. The van der Waals surface area contributed by atoms with E-state index in [1.54, 1.807) is 0 Å². The van der Waals surface area contributed by atoms with Crippen LogP contribution in [0.15, 0.2) is 36.4 Å². The van der Waals surface area contributed by atoms with Crippen molar-refractivity contribution in [1.82, 2.24) is 4.98 Å². The average molecular weight is 213 g/mol. The Morgan fingerprint density at radius 1 is 1.19 bits per heavy atom. The summed E-state index contributed by atoms with van der Waals surface area (Å²) in [6.45, 7) is 0.915. The Kier molecular flexibility index (Phi) is 2.58. The van der Waals surface area contributed by atoms with E-state index in [1.165, 1.54) is 18.2 Å². The highest BCUT2D eigenvalue weighted by Gasteiger charge is 2.16. The molecule has 3 rings (SSSR count). The third kappa shape index (κ3) is 1.93. The van der Waals surface area contributed by atoms with Gasteiger partial charge in [0.15, 0.2) is 0 Å². The van der Waals surface area contributed by atoms with Crippen molar-refractivity contribution in [1.29, 1.82) is 0 Å². The molecule has 82 valence electrons. The summed E-state index contributed by atoms with van der Waals surface area (Å²) in [4.78, 5) is 4.66. The normalized spacial score (nSPS) is 20.4. The molecule has 0 amide bonds. The number of rotatable bonds is 2. The van der Waals surface area contributed by atoms with Gasteiger partial charge in [-0.15, -0.1) is 0 Å². The van der Waals surface area contributed by atoms with E-state index in [9.17, 15) is 0 Å². The maximum absolute atomic E-state index is 5.63. The van der Waals surface area contributed by atoms with Crippen LogP contribution in [-0.4, -0.2) is 17.7 Å². The predicted octanol–water partition coefficient (Wildman–Crippen LogP) is 2.96. The van der Waals surface area contributed by atoms with Crippen LogP contribution < -0.4 is 0 Å². The molecule has 0 saturated carbocycles. The fourth-order valence-electron chi connectivity index (χ4n) is 2.26. The molecule has 0 radical (unpaired) electrons. The molecule has 0 bridgehead atoms. The Bertz CT molecular complexity index is 489. The molecule has 1 aliphatic heterocycles. The summed E-state index contributed by atoms with van der Waals surface area (Å²) in [6, 6.07) is 12.5. The lowest BCUT2D eigenvalue weighted by Gasteiger charge is -2.08. The van der Waals surface area contributed by atoms with Crippen LogP contribution >= 0.6 is 0 Å². The van der Waals surface area contributed by atoms with Crippen LogP contribution in [0.5, 0.6) is 0 Å². The first-order chi connectivity index (χ1) is 7.92. The predicted molar refractivity (Wildman–Crippen MR) is 64.4 cm³/mol. The van der Waals surface area contributed by atoms with Crippen molar-refractivity contribution in [2.75, 3.05) is 6.61 Å². The number of hydrogen-bond donors (Lipinski definition) is 0. The fraction of sp³-hybridized carbons (Fsp3) is 0.357. The first-order valence-electron chi connectivity index (χ1n) is 5.88. The summed E-state index contributed by atoms with van der Waals surface area (Å²) in [5, 5.41) is 1.21. The number of aromatic nitrogens is 1. The number of nitrogens with zero attached hydrogens (tertiary/aromatic N) is 1. The monoisotopic (exact) mass is 213 g/mol. The van der Waals surface area contributed by atoms with Crippen LogP contribution in [0.2, 0.25) is 0 Å². The van der Waals surface area contributed by atoms with E-state index >= 15 is 0 Å². The molecule has 1 aromatic carbocycles. The quantitative estimate of drug-likeness (QED) is 0.765. The van der Waals surface area contributed by atoms with Crippen LogP contribution in [0, 0.1) is 0 Å². The van der Waals surface area contributed by atoms with E-state index in [2.05, 4.69) is 29.2 Å². The highest BCUT2D eigenvalue weighted by molar-refractivity contribution is 5.78. The lowest BCUT2D eigenvalue weighted by Crippen LogP contribution is -2.09. The zero-order valence-electron chi connectivity index (χ0n) is 9.23. The highest BCUT2D eigenvalue weighted by Crippen LogP contribution is 2.18. The zero-order valence-corrected chi connectivity index (χ0v) is 9.23. The molecule has 1 unspecified atom stereocenters. The van der Waals surface area contributed by atoms with Crippen molar-refractivity contribution in [3.63, 3.8) is 0 Å². The number of hydrogen-bond acceptors (Lipinski definition) is 2. The van der Waals surface area contributed by atoms with Crippen molar-refractivity contribution in [3.05, 3.63) is 42.1 Å². The van der Waals surface area contributed by atoms with E-state index in [0.717, 1.165) is 24.2 Å². The Morgan fingerprint density at radius 2 is 2.12 bits per heavy atom. The van der Waals surface area contributed by atoms with Crippen LogP contribution in [0.4, 0.5) is 0 Å². The molecule has 16 heavy (non-hydrogen) atoms. The van der Waals surface area contributed by atoms with Gasteiger partial charge in [-0.2, -0.15) is 0 Å². The van der Waals surface area contributed by atoms with Crippen molar-refractivity contribution in [2.45, 2.75) is 25.4 Å². The van der Waals surface area contributed by atoms with E-state index in [-0.39, 0.29) is 0 Å². The van der Waals surface area contributed by atoms with Gasteiger partial charge in [0, 0.05) is 24.1 Å². The lowest BCUT2D eigenvalue weighted by molar-refractivity contribution is 0.111. The largest absolute Gasteiger partial charge is 0.378 e. The Balaban J connectivity index is 1.86. The molecule has 1 aromatic heterocycles. The Morgan fingerprint density at radius 3 is 3.00 bits per heavy atom. The van der Waals surface area contributed by atoms with Crippen LogP contribution in [0.1, 0.15) is 18.5 Å². The summed E-state index contributed by atoms with van der Waals surface area (Å²) >= 11 is 0. The molecule has 2 aromatic rings. The van der Waals surface area contributed by atoms with Gasteiger partial charge in [0.2, 0.25) is 0 Å². The minimum atomic E-state index is 0.383. The van der Waals surface area contributed by atoms with Gasteiger partial charge >= 0.3 is 0 Å². The first-order valence-corrected chi connectivity index (χ1v) is 5.88. The number of ether oxygens (including phenoxy) is 1. The van der Waals surface area contributed by atoms with Crippen molar-refractivity contribution >= 4 is 10.9 Å². The molecular weight excluding hydrogens is 198 g/mol. The first kappa shape index (κ1) is 9.79. The molecule has 0 aliphatic carbocycles. The van der Waals surface area contributed by atoms with Gasteiger partial charge in [0.25, 0.3) is 0 Å². The van der Waals surface area contributed by atoms with Gasteiger partial charge in [-0.1, -0.05) is 24.3 Å². The van der Waals surface area contributed by atoms with Crippen LogP contribution in [0.25, 0.3) is 10.9 Å². The average Bonchev–Trinajstić information content (AvgIpc) is 2.82. The van der Waals surface area contributed by atoms with Gasteiger partial charge in [0.1, 0.15) is 0 Å². The van der Waals surface area contributed by atoms with Gasteiger partial charge in [-0.3, -0.25) is 4.98 Å². The van der Waals surface area contributed by atoms with Gasteiger partial charge in [0.05, 0.1) is 11.6 Å². The SMILES string of the molecule is c1ccc2nc(CC3CCCO3)ccc2c1. The summed E-state index contributed by atoms with van der Waals surface area (Å²) < 4.78 is 5.63. The van der Waals surface area contributed by atoms with E-state index in [0.29, 0.717) is 6.10 Å². The Labute approximate surface area is 95.3 Å². The number of pyridine rings is 1. The minimum absolute atomic E-state index is 0.383. The molecule has 2 nitrogen and oxygen atoms in total. The summed E-state index contributed by atoms with van der Waals surface area (Å²) in [5.74, 6) is 0. The standard InChI is InChI=1S/C14H15NO/c1-2-6-14-11(4-1)7-8-12(15-14)10-13-5-3-9-16-13/h1-2,4,6-8,13H,3,5,9-10H2. The van der Waals surface area contributed by atoms with E-state index in [4.69, 9.17) is 4.74 Å². The maximum atomic E-state index is 5.63. The van der Waals surface area contributed by atoms with Crippen molar-refractivity contribution < 1.29 is 4.74 Å². The molecule has 2 heterocycles. The third-order valence-corrected chi connectivity index (χ3v) is 3.12. The summed E-state index contributed by atoms with van der Waals surface area (Å²) in [6.07, 6.45) is 3.70. The number of benzene rings is 1. The Hall–Kier alpha value is -1.41. The van der Waals surface area contributed by atoms with Crippen molar-refractivity contribution in [3.8, 4) is 0 Å². The maximum Gasteiger partial charge on any atom is 0.0705 e. The second-order valence-electron chi connectivity index (χ2n) is 4.33. The minimum Gasteiger partial charge on any atom is -0.378 e. The fourth-order valence-corrected chi connectivity index (χ4v) is 2.26. The second kappa shape index (κ2) is 4.22. The topological polar surface area (TPSA) is 22.1 Å². The molecule has 0 spiro atoms. The lowest BCUT2D eigenvalue weighted by atomic mass is 10.1. The second-order valence-corrected chi connectivity index (χ2v) is 4.33. The number of fused-ring (bicyclic) bond motifs is 1. The smallest absolute Gasteiger partial charge is 0.0705 e. The highest BCUT2D eigenvalue weighted by atomic mass is 16.5. The van der Waals surface area contributed by atoms with Gasteiger partial charge in [-0.25, -0.2) is 0 Å². The van der Waals surface area contributed by atoms with Crippen molar-refractivity contribution in [2.24, 2.45) is 0 Å². The molecule has 1 aliphatic rings.